The highest BCUT2D eigenvalue weighted by Gasteiger charge is 2.25. The van der Waals surface area contributed by atoms with Crippen LogP contribution in [0.2, 0.25) is 5.15 Å². The Hall–Kier alpha value is -0.870. The van der Waals surface area contributed by atoms with Crippen molar-refractivity contribution in [3.8, 4) is 0 Å². The van der Waals surface area contributed by atoms with Crippen molar-refractivity contribution < 1.29 is 5.11 Å². The summed E-state index contributed by atoms with van der Waals surface area (Å²) >= 11 is 5.61. The van der Waals surface area contributed by atoms with Crippen molar-refractivity contribution >= 4 is 17.4 Å². The monoisotopic (exact) mass is 227 g/mol. The first-order valence-electron chi connectivity index (χ1n) is 5.17. The molecule has 4 nitrogen and oxygen atoms in total. The maximum atomic E-state index is 9.75. The quantitative estimate of drug-likeness (QED) is 0.822. The first-order valence-corrected chi connectivity index (χ1v) is 5.54. The van der Waals surface area contributed by atoms with Gasteiger partial charge in [-0.2, -0.15) is 0 Å². The van der Waals surface area contributed by atoms with Crippen LogP contribution in [0, 0.1) is 5.92 Å². The molecule has 0 radical (unpaired) electrons. The molecule has 0 saturated heterocycles. The van der Waals surface area contributed by atoms with E-state index in [4.69, 9.17) is 11.6 Å². The zero-order chi connectivity index (χ0) is 10.7. The summed E-state index contributed by atoms with van der Waals surface area (Å²) < 4.78 is 0. The van der Waals surface area contributed by atoms with Gasteiger partial charge in [-0.05, 0) is 30.9 Å². The molecular weight excluding hydrogens is 214 g/mol. The molecule has 0 spiro atoms. The summed E-state index contributed by atoms with van der Waals surface area (Å²) in [7, 11) is 0. The van der Waals surface area contributed by atoms with Crippen molar-refractivity contribution in [1.82, 2.24) is 10.2 Å². The van der Waals surface area contributed by atoms with Crippen molar-refractivity contribution in [2.45, 2.75) is 25.4 Å². The van der Waals surface area contributed by atoms with Crippen molar-refractivity contribution in [3.63, 3.8) is 0 Å². The van der Waals surface area contributed by atoms with E-state index in [2.05, 4.69) is 15.5 Å². The summed E-state index contributed by atoms with van der Waals surface area (Å²) in [6.07, 6.45) is 3.23. The van der Waals surface area contributed by atoms with Crippen LogP contribution in [0.5, 0.6) is 0 Å². The molecule has 0 aromatic carbocycles. The van der Waals surface area contributed by atoms with E-state index in [9.17, 15) is 5.11 Å². The van der Waals surface area contributed by atoms with Crippen LogP contribution in [-0.2, 0) is 0 Å². The summed E-state index contributed by atoms with van der Waals surface area (Å²) in [5.41, 5.74) is 0. The SMILES string of the molecule is OC(CNc1ccc(Cl)nn1)C1CCC1. The van der Waals surface area contributed by atoms with Crippen molar-refractivity contribution in [2.24, 2.45) is 5.92 Å². The van der Waals surface area contributed by atoms with Crippen LogP contribution in [-0.4, -0.2) is 28.0 Å². The Balaban J connectivity index is 1.79. The van der Waals surface area contributed by atoms with Gasteiger partial charge in [0.1, 0.15) is 5.82 Å². The third-order valence-corrected chi connectivity index (χ3v) is 3.02. The predicted molar refractivity (Wildman–Crippen MR) is 58.9 cm³/mol. The standard InChI is InChI=1S/C10H14ClN3O/c11-9-4-5-10(14-13-9)12-6-8(15)7-2-1-3-7/h4-5,7-8,15H,1-3,6H2,(H,12,14). The van der Waals surface area contributed by atoms with Gasteiger partial charge in [-0.1, -0.05) is 18.0 Å². The van der Waals surface area contributed by atoms with Gasteiger partial charge in [-0.15, -0.1) is 10.2 Å². The van der Waals surface area contributed by atoms with Crippen LogP contribution >= 0.6 is 11.6 Å². The molecule has 1 aliphatic carbocycles. The summed E-state index contributed by atoms with van der Waals surface area (Å²) in [4.78, 5) is 0. The number of hydrogen-bond acceptors (Lipinski definition) is 4. The van der Waals surface area contributed by atoms with E-state index in [1.165, 1.54) is 6.42 Å². The summed E-state index contributed by atoms with van der Waals surface area (Å²) in [6.45, 7) is 0.529. The number of aliphatic hydroxyl groups excluding tert-OH is 1. The largest absolute Gasteiger partial charge is 0.391 e. The van der Waals surface area contributed by atoms with E-state index in [1.54, 1.807) is 12.1 Å². The molecule has 1 aromatic rings. The zero-order valence-electron chi connectivity index (χ0n) is 8.36. The molecule has 0 amide bonds. The summed E-state index contributed by atoms with van der Waals surface area (Å²) in [6, 6.07) is 3.43. The number of hydrogen-bond donors (Lipinski definition) is 2. The second-order valence-corrected chi connectivity index (χ2v) is 4.27. The minimum Gasteiger partial charge on any atom is -0.391 e. The Morgan fingerprint density at radius 3 is 2.80 bits per heavy atom. The fourth-order valence-corrected chi connectivity index (χ4v) is 1.71. The molecule has 1 heterocycles. The van der Waals surface area contributed by atoms with E-state index >= 15 is 0 Å². The number of nitrogens with zero attached hydrogens (tertiary/aromatic N) is 2. The molecule has 1 saturated carbocycles. The topological polar surface area (TPSA) is 58.0 Å². The molecule has 82 valence electrons. The highest BCUT2D eigenvalue weighted by molar-refractivity contribution is 6.29. The van der Waals surface area contributed by atoms with Gasteiger partial charge in [0.25, 0.3) is 0 Å². The first-order chi connectivity index (χ1) is 7.25. The molecule has 1 unspecified atom stereocenters. The second kappa shape index (κ2) is 4.77. The van der Waals surface area contributed by atoms with Crippen LogP contribution in [0.1, 0.15) is 19.3 Å². The Labute approximate surface area is 93.7 Å². The highest BCUT2D eigenvalue weighted by atomic mass is 35.5. The van der Waals surface area contributed by atoms with Gasteiger partial charge in [0, 0.05) is 6.54 Å². The number of aliphatic hydroxyl groups is 1. The minimum absolute atomic E-state index is 0.281. The number of anilines is 1. The molecule has 1 aromatic heterocycles. The van der Waals surface area contributed by atoms with Gasteiger partial charge in [-0.3, -0.25) is 0 Å². The minimum atomic E-state index is -0.281. The van der Waals surface area contributed by atoms with E-state index in [1.807, 2.05) is 0 Å². The number of aromatic nitrogens is 2. The maximum absolute atomic E-state index is 9.75. The maximum Gasteiger partial charge on any atom is 0.151 e. The van der Waals surface area contributed by atoms with Crippen molar-refractivity contribution in [1.29, 1.82) is 0 Å². The van der Waals surface area contributed by atoms with E-state index in [0.29, 0.717) is 23.4 Å². The molecule has 0 aliphatic heterocycles. The number of rotatable bonds is 4. The molecular formula is C10H14ClN3O. The molecule has 1 atom stereocenters. The van der Waals surface area contributed by atoms with Crippen molar-refractivity contribution in [2.75, 3.05) is 11.9 Å². The molecule has 1 fully saturated rings. The van der Waals surface area contributed by atoms with Crippen LogP contribution in [0.4, 0.5) is 5.82 Å². The highest BCUT2D eigenvalue weighted by Crippen LogP contribution is 2.29. The van der Waals surface area contributed by atoms with E-state index < -0.39 is 0 Å². The van der Waals surface area contributed by atoms with Crippen LogP contribution in [0.15, 0.2) is 12.1 Å². The summed E-state index contributed by atoms with van der Waals surface area (Å²) in [5, 5.41) is 20.7. The van der Waals surface area contributed by atoms with E-state index in [0.717, 1.165) is 12.8 Å². The number of halogens is 1. The fraction of sp³-hybridized carbons (Fsp3) is 0.600. The first kappa shape index (κ1) is 10.6. The second-order valence-electron chi connectivity index (χ2n) is 3.88. The fourth-order valence-electron chi connectivity index (χ4n) is 1.61. The molecule has 15 heavy (non-hydrogen) atoms. The molecule has 2 rings (SSSR count). The lowest BCUT2D eigenvalue weighted by molar-refractivity contribution is 0.0729. The lowest BCUT2D eigenvalue weighted by Crippen LogP contribution is -2.32. The zero-order valence-corrected chi connectivity index (χ0v) is 9.11. The normalized spacial score (nSPS) is 18.3. The average Bonchev–Trinajstić information content (AvgIpc) is 2.14. The van der Waals surface area contributed by atoms with Crippen LogP contribution in [0.25, 0.3) is 0 Å². The van der Waals surface area contributed by atoms with Gasteiger partial charge in [-0.25, -0.2) is 0 Å². The molecule has 5 heteroatoms. The Bertz CT molecular complexity index is 313. The van der Waals surface area contributed by atoms with Gasteiger partial charge in [0.15, 0.2) is 5.15 Å². The summed E-state index contributed by atoms with van der Waals surface area (Å²) in [5.74, 6) is 1.11. The average molecular weight is 228 g/mol. The van der Waals surface area contributed by atoms with Gasteiger partial charge >= 0.3 is 0 Å². The van der Waals surface area contributed by atoms with E-state index in [-0.39, 0.29) is 6.10 Å². The molecule has 0 bridgehead atoms. The van der Waals surface area contributed by atoms with Gasteiger partial charge in [0.05, 0.1) is 6.10 Å². The molecule has 1 aliphatic rings. The van der Waals surface area contributed by atoms with Gasteiger partial charge < -0.3 is 10.4 Å². The van der Waals surface area contributed by atoms with Crippen LogP contribution < -0.4 is 5.32 Å². The lowest BCUT2D eigenvalue weighted by atomic mass is 9.81. The Kier molecular flexibility index (Phi) is 3.38. The Morgan fingerprint density at radius 1 is 1.47 bits per heavy atom. The predicted octanol–water partition coefficient (Wildman–Crippen LogP) is 1.70. The lowest BCUT2D eigenvalue weighted by Gasteiger charge is -2.30. The van der Waals surface area contributed by atoms with Crippen molar-refractivity contribution in [3.05, 3.63) is 17.3 Å². The number of nitrogens with one attached hydrogen (secondary N) is 1. The third kappa shape index (κ3) is 2.79. The Morgan fingerprint density at radius 2 is 2.27 bits per heavy atom. The smallest absolute Gasteiger partial charge is 0.151 e. The van der Waals surface area contributed by atoms with Gasteiger partial charge in [0.2, 0.25) is 0 Å². The van der Waals surface area contributed by atoms with Crippen LogP contribution in [0.3, 0.4) is 0 Å². The third-order valence-electron chi connectivity index (χ3n) is 2.82. The molecule has 2 N–H and O–H groups in total.